The number of alkyl halides is 3. The van der Waals surface area contributed by atoms with Gasteiger partial charge in [0.15, 0.2) is 0 Å². The zero-order chi connectivity index (χ0) is 29.6. The van der Waals surface area contributed by atoms with E-state index in [4.69, 9.17) is 21.4 Å². The van der Waals surface area contributed by atoms with Crippen LogP contribution >= 0.6 is 11.6 Å². The van der Waals surface area contributed by atoms with E-state index >= 15 is 0 Å². The van der Waals surface area contributed by atoms with Crippen molar-refractivity contribution in [2.24, 2.45) is 5.92 Å². The summed E-state index contributed by atoms with van der Waals surface area (Å²) in [6, 6.07) is 10.2. The third-order valence-electron chi connectivity index (χ3n) is 5.94. The fourth-order valence-corrected chi connectivity index (χ4v) is 3.96. The Hall–Kier alpha value is -3.86. The molecule has 3 N–H and O–H groups in total. The molecule has 0 unspecified atom stereocenters. The lowest BCUT2D eigenvalue weighted by atomic mass is 10.0. The van der Waals surface area contributed by atoms with Crippen LogP contribution in [0.3, 0.4) is 0 Å². The molecule has 0 heterocycles. The van der Waals surface area contributed by atoms with Gasteiger partial charge in [0.25, 0.3) is 5.91 Å². The Morgan fingerprint density at radius 2 is 1.62 bits per heavy atom. The van der Waals surface area contributed by atoms with E-state index in [-0.39, 0.29) is 42.8 Å². The summed E-state index contributed by atoms with van der Waals surface area (Å²) in [6.07, 6.45) is -4.85. The highest BCUT2D eigenvalue weighted by Crippen LogP contribution is 2.38. The number of aliphatic carboxylic acids is 1. The van der Waals surface area contributed by atoms with Gasteiger partial charge in [0, 0.05) is 40.5 Å². The number of amides is 1. The van der Waals surface area contributed by atoms with Gasteiger partial charge < -0.3 is 20.5 Å². The van der Waals surface area contributed by atoms with Crippen molar-refractivity contribution >= 4 is 29.2 Å². The summed E-state index contributed by atoms with van der Waals surface area (Å²) >= 11 is 5.91. The van der Waals surface area contributed by atoms with Gasteiger partial charge in [0.05, 0.1) is 23.6 Å². The van der Waals surface area contributed by atoms with Gasteiger partial charge in [-0.3, -0.25) is 9.59 Å². The normalized spacial score (nSPS) is 12.2. The molecule has 1 atom stereocenters. The number of carboxylic acids is 1. The van der Waals surface area contributed by atoms with Crippen molar-refractivity contribution in [3.63, 3.8) is 0 Å². The summed E-state index contributed by atoms with van der Waals surface area (Å²) in [5, 5.41) is 14.0. The molecule has 3 aromatic carbocycles. The molecule has 0 aliphatic rings. The number of benzene rings is 3. The van der Waals surface area contributed by atoms with Gasteiger partial charge in [-0.05, 0) is 42.3 Å². The van der Waals surface area contributed by atoms with Crippen molar-refractivity contribution in [3.05, 3.63) is 82.4 Å². The first-order valence-electron chi connectivity index (χ1n) is 12.1. The first kappa shape index (κ1) is 30.7. The number of carbonyl (C=O) groups excluding carboxylic acids is 1. The molecule has 214 valence electrons. The minimum atomic E-state index is -4.65. The minimum absolute atomic E-state index is 0.000472. The number of carboxylic acid groups (broad SMARTS) is 1. The maximum Gasteiger partial charge on any atom is 0.416 e. The maximum atomic E-state index is 14.9. The lowest BCUT2D eigenvalue weighted by Gasteiger charge is -2.24. The van der Waals surface area contributed by atoms with Crippen LogP contribution in [-0.4, -0.2) is 36.2 Å². The summed E-state index contributed by atoms with van der Waals surface area (Å²) in [6.45, 7) is 3.82. The van der Waals surface area contributed by atoms with Crippen molar-refractivity contribution in [2.45, 2.75) is 32.5 Å². The Morgan fingerprint density at radius 1 is 1.00 bits per heavy atom. The lowest BCUT2D eigenvalue weighted by molar-refractivity contribution is -0.138. The van der Waals surface area contributed by atoms with Crippen LogP contribution in [-0.2, 0) is 11.0 Å². The number of halogens is 6. The predicted molar refractivity (Wildman–Crippen MR) is 141 cm³/mol. The molecule has 0 bridgehead atoms. The van der Waals surface area contributed by atoms with E-state index in [1.54, 1.807) is 24.3 Å². The van der Waals surface area contributed by atoms with E-state index in [1.165, 1.54) is 0 Å². The van der Waals surface area contributed by atoms with Crippen molar-refractivity contribution < 1.29 is 41.4 Å². The van der Waals surface area contributed by atoms with E-state index in [0.717, 1.165) is 18.2 Å². The molecule has 0 radical (unpaired) electrons. The van der Waals surface area contributed by atoms with E-state index in [2.05, 4.69) is 10.6 Å². The first-order valence-corrected chi connectivity index (χ1v) is 12.5. The standard InChI is InChI=1S/C28H26ClF5N2O4/c1-15(2)24(36-18-6-3-16(4-7-18)27(39)35-10-9-25(37)38)14-40-19-12-22(30)26(23(31)13-19)20-8-5-17(11-21(20)29)28(32,33)34/h3-8,11-13,15,24,36H,9-10,14H2,1-2H3,(H,35,39)(H,37,38)/t24-/m1/s1. The molecule has 0 aliphatic carbocycles. The topological polar surface area (TPSA) is 87.7 Å². The largest absolute Gasteiger partial charge is 0.491 e. The van der Waals surface area contributed by atoms with Crippen LogP contribution in [0.2, 0.25) is 5.02 Å². The molecule has 1 amide bonds. The highest BCUT2D eigenvalue weighted by molar-refractivity contribution is 6.33. The molecule has 0 aromatic heterocycles. The number of rotatable bonds is 11. The van der Waals surface area contributed by atoms with Crippen LogP contribution in [0, 0.1) is 17.6 Å². The van der Waals surface area contributed by atoms with Crippen LogP contribution < -0.4 is 15.4 Å². The van der Waals surface area contributed by atoms with E-state index in [0.29, 0.717) is 23.4 Å². The molecule has 3 rings (SSSR count). The third-order valence-corrected chi connectivity index (χ3v) is 6.25. The highest BCUT2D eigenvalue weighted by atomic mass is 35.5. The summed E-state index contributed by atoms with van der Waals surface area (Å²) < 4.78 is 74.1. The van der Waals surface area contributed by atoms with Crippen LogP contribution in [0.5, 0.6) is 5.75 Å². The Balaban J connectivity index is 1.68. The summed E-state index contributed by atoms with van der Waals surface area (Å²) in [7, 11) is 0. The Labute approximate surface area is 232 Å². The molecular weight excluding hydrogens is 559 g/mol. The van der Waals surface area contributed by atoms with Crippen molar-refractivity contribution in [1.29, 1.82) is 0 Å². The third kappa shape index (κ3) is 8.08. The molecule has 0 spiro atoms. The zero-order valence-electron chi connectivity index (χ0n) is 21.4. The Kier molecular flexibility index (Phi) is 9.97. The van der Waals surface area contributed by atoms with Crippen molar-refractivity contribution in [2.75, 3.05) is 18.5 Å². The average Bonchev–Trinajstić information content (AvgIpc) is 2.86. The van der Waals surface area contributed by atoms with E-state index in [9.17, 15) is 31.5 Å². The maximum absolute atomic E-state index is 14.9. The fourth-order valence-electron chi connectivity index (χ4n) is 3.69. The number of ether oxygens (including phenoxy) is 1. The first-order chi connectivity index (χ1) is 18.8. The highest BCUT2D eigenvalue weighted by Gasteiger charge is 2.31. The second-order valence-corrected chi connectivity index (χ2v) is 9.64. The molecule has 40 heavy (non-hydrogen) atoms. The predicted octanol–water partition coefficient (Wildman–Crippen LogP) is 7.02. The second kappa shape index (κ2) is 13.0. The van der Waals surface area contributed by atoms with Crippen LogP contribution in [0.1, 0.15) is 36.2 Å². The molecule has 0 saturated carbocycles. The van der Waals surface area contributed by atoms with E-state index < -0.39 is 45.8 Å². The summed E-state index contributed by atoms with van der Waals surface area (Å²) in [5.41, 5.74) is -0.849. The molecule has 6 nitrogen and oxygen atoms in total. The van der Waals surface area contributed by atoms with Crippen molar-refractivity contribution in [3.8, 4) is 16.9 Å². The molecule has 12 heteroatoms. The van der Waals surface area contributed by atoms with Crippen molar-refractivity contribution in [1.82, 2.24) is 5.32 Å². The number of carbonyl (C=O) groups is 2. The molecule has 0 saturated heterocycles. The van der Waals surface area contributed by atoms with Gasteiger partial charge in [-0.15, -0.1) is 0 Å². The second-order valence-electron chi connectivity index (χ2n) is 9.24. The lowest BCUT2D eigenvalue weighted by Crippen LogP contribution is -2.32. The molecule has 0 aliphatic heterocycles. The molecular formula is C28H26ClF5N2O4. The number of hydrogen-bond donors (Lipinski definition) is 3. The average molecular weight is 585 g/mol. The van der Waals surface area contributed by atoms with Crippen LogP contribution in [0.4, 0.5) is 27.6 Å². The number of nitrogens with one attached hydrogen (secondary N) is 2. The van der Waals surface area contributed by atoms with Gasteiger partial charge in [-0.2, -0.15) is 13.2 Å². The van der Waals surface area contributed by atoms with Crippen LogP contribution in [0.25, 0.3) is 11.1 Å². The minimum Gasteiger partial charge on any atom is -0.491 e. The van der Waals surface area contributed by atoms with Gasteiger partial charge in [0.2, 0.25) is 0 Å². The van der Waals surface area contributed by atoms with E-state index in [1.807, 2.05) is 13.8 Å². The Bertz CT molecular complexity index is 1340. The number of anilines is 1. The van der Waals surface area contributed by atoms with Gasteiger partial charge in [-0.1, -0.05) is 31.5 Å². The van der Waals surface area contributed by atoms with Crippen LogP contribution in [0.15, 0.2) is 54.6 Å². The smallest absolute Gasteiger partial charge is 0.416 e. The fraction of sp³-hybridized carbons (Fsp3) is 0.286. The van der Waals surface area contributed by atoms with Gasteiger partial charge >= 0.3 is 12.1 Å². The monoisotopic (exact) mass is 584 g/mol. The SMILES string of the molecule is CC(C)[C@@H](COc1cc(F)c(-c2ccc(C(F)(F)F)cc2Cl)c(F)c1)Nc1ccc(C(=O)NCCC(=O)O)cc1. The summed E-state index contributed by atoms with van der Waals surface area (Å²) in [5.74, 6) is -3.65. The van der Waals surface area contributed by atoms with Gasteiger partial charge in [0.1, 0.15) is 24.0 Å². The number of hydrogen-bond acceptors (Lipinski definition) is 4. The van der Waals surface area contributed by atoms with Gasteiger partial charge in [-0.25, -0.2) is 8.78 Å². The molecule has 3 aromatic rings. The zero-order valence-corrected chi connectivity index (χ0v) is 22.2. The quantitative estimate of drug-likeness (QED) is 0.211. The summed E-state index contributed by atoms with van der Waals surface area (Å²) in [4.78, 5) is 22.7. The molecule has 0 fully saturated rings. The Morgan fingerprint density at radius 3 is 2.15 bits per heavy atom.